The van der Waals surface area contributed by atoms with E-state index >= 15 is 0 Å². The smallest absolute Gasteiger partial charge is 0.0190 e. The molecule has 0 spiro atoms. The van der Waals surface area contributed by atoms with Crippen molar-refractivity contribution in [1.82, 2.24) is 0 Å². The first-order valence-electron chi connectivity index (χ1n) is 5.53. The van der Waals surface area contributed by atoms with Crippen molar-refractivity contribution < 1.29 is 0 Å². The summed E-state index contributed by atoms with van der Waals surface area (Å²) < 4.78 is 0. The molecule has 76 valence electrons. The zero-order chi connectivity index (χ0) is 11.0. The van der Waals surface area contributed by atoms with Gasteiger partial charge in [-0.1, -0.05) is 48.6 Å². The van der Waals surface area contributed by atoms with Gasteiger partial charge in [-0.05, 0) is 21.9 Å². The van der Waals surface area contributed by atoms with Crippen LogP contribution in [0.1, 0.15) is 23.5 Å². The molecular weight excluding hydrogens is 192 g/mol. The van der Waals surface area contributed by atoms with E-state index < -0.39 is 0 Å². The van der Waals surface area contributed by atoms with E-state index in [1.54, 1.807) is 0 Å². The maximum absolute atomic E-state index is 5.42. The highest BCUT2D eigenvalue weighted by Crippen LogP contribution is 2.35. The quantitative estimate of drug-likeness (QED) is 0.616. The molecule has 3 rings (SSSR count). The molecular formula is C16H12. The molecule has 1 aliphatic rings. The van der Waals surface area contributed by atoms with Gasteiger partial charge in [-0.25, -0.2) is 0 Å². The molecule has 0 amide bonds. The Morgan fingerprint density at radius 1 is 1.12 bits per heavy atom. The van der Waals surface area contributed by atoms with Crippen LogP contribution in [0.3, 0.4) is 0 Å². The standard InChI is InChI=1S/C16H12/c1-2-5-12-10-11-14-7-3-6-13-8-4-9-15(12)16(13)14/h1,3-4,6-12H,5H2. The Morgan fingerprint density at radius 2 is 1.94 bits per heavy atom. The molecule has 2 aromatic carbocycles. The van der Waals surface area contributed by atoms with Crippen LogP contribution in [0.5, 0.6) is 0 Å². The van der Waals surface area contributed by atoms with E-state index in [-0.39, 0.29) is 0 Å². The Hall–Kier alpha value is -2.00. The monoisotopic (exact) mass is 204 g/mol. The second kappa shape index (κ2) is 3.54. The van der Waals surface area contributed by atoms with Crippen LogP contribution < -0.4 is 0 Å². The maximum Gasteiger partial charge on any atom is 0.0190 e. The van der Waals surface area contributed by atoms with Crippen LogP contribution in [0.25, 0.3) is 16.8 Å². The molecule has 0 aromatic heterocycles. The minimum atomic E-state index is 0.378. The Labute approximate surface area is 95.6 Å². The normalized spacial score (nSPS) is 17.3. The molecule has 0 fully saturated rings. The number of terminal acetylenes is 1. The summed E-state index contributed by atoms with van der Waals surface area (Å²) in [6.45, 7) is 0. The lowest BCUT2D eigenvalue weighted by Crippen LogP contribution is -2.00. The predicted molar refractivity (Wildman–Crippen MR) is 69.2 cm³/mol. The van der Waals surface area contributed by atoms with E-state index in [1.807, 2.05) is 0 Å². The topological polar surface area (TPSA) is 0 Å². The Balaban J connectivity index is 2.32. The van der Waals surface area contributed by atoms with Crippen LogP contribution in [0.2, 0.25) is 0 Å². The molecule has 0 bridgehead atoms. The molecule has 0 aliphatic heterocycles. The van der Waals surface area contributed by atoms with Crippen molar-refractivity contribution in [3.8, 4) is 12.3 Å². The van der Waals surface area contributed by atoms with Gasteiger partial charge in [0.25, 0.3) is 0 Å². The molecule has 0 nitrogen and oxygen atoms in total. The lowest BCUT2D eigenvalue weighted by Gasteiger charge is -2.19. The van der Waals surface area contributed by atoms with E-state index in [0.29, 0.717) is 5.92 Å². The summed E-state index contributed by atoms with van der Waals surface area (Å²) in [6, 6.07) is 12.9. The molecule has 0 heteroatoms. The van der Waals surface area contributed by atoms with E-state index in [9.17, 15) is 0 Å². The van der Waals surface area contributed by atoms with Crippen molar-refractivity contribution in [2.75, 3.05) is 0 Å². The second-order valence-corrected chi connectivity index (χ2v) is 4.17. The first-order valence-corrected chi connectivity index (χ1v) is 5.53. The van der Waals surface area contributed by atoms with Crippen molar-refractivity contribution in [1.29, 1.82) is 0 Å². The predicted octanol–water partition coefficient (Wildman–Crippen LogP) is 3.97. The summed E-state index contributed by atoms with van der Waals surface area (Å²) in [5.41, 5.74) is 2.68. The van der Waals surface area contributed by atoms with Gasteiger partial charge in [-0.15, -0.1) is 12.3 Å². The van der Waals surface area contributed by atoms with Crippen molar-refractivity contribution in [3.05, 3.63) is 53.6 Å². The highest BCUT2D eigenvalue weighted by atomic mass is 14.2. The SMILES string of the molecule is C#CCC1C=Cc2cccc3cccc1c23. The van der Waals surface area contributed by atoms with E-state index in [0.717, 1.165) is 6.42 Å². The van der Waals surface area contributed by atoms with Crippen molar-refractivity contribution >= 4 is 16.8 Å². The number of benzene rings is 2. The van der Waals surface area contributed by atoms with E-state index in [2.05, 4.69) is 54.5 Å². The molecule has 0 radical (unpaired) electrons. The number of hydrogen-bond donors (Lipinski definition) is 0. The lowest BCUT2D eigenvalue weighted by molar-refractivity contribution is 0.892. The molecule has 0 N–H and O–H groups in total. The van der Waals surface area contributed by atoms with Crippen LogP contribution in [-0.2, 0) is 0 Å². The third-order valence-electron chi connectivity index (χ3n) is 3.21. The van der Waals surface area contributed by atoms with Gasteiger partial charge < -0.3 is 0 Å². The average molecular weight is 204 g/mol. The van der Waals surface area contributed by atoms with Crippen LogP contribution in [0.4, 0.5) is 0 Å². The first kappa shape index (κ1) is 9.24. The van der Waals surface area contributed by atoms with Gasteiger partial charge in [0, 0.05) is 12.3 Å². The molecule has 2 aromatic rings. The minimum Gasteiger partial charge on any atom is -0.120 e. The molecule has 1 unspecified atom stereocenters. The van der Waals surface area contributed by atoms with Crippen molar-refractivity contribution in [2.24, 2.45) is 0 Å². The third kappa shape index (κ3) is 1.26. The summed E-state index contributed by atoms with van der Waals surface area (Å²) in [7, 11) is 0. The van der Waals surface area contributed by atoms with Gasteiger partial charge in [0.05, 0.1) is 0 Å². The summed E-state index contributed by atoms with van der Waals surface area (Å²) >= 11 is 0. The lowest BCUT2D eigenvalue weighted by atomic mass is 9.85. The molecule has 0 saturated heterocycles. The number of hydrogen-bond acceptors (Lipinski definition) is 0. The largest absolute Gasteiger partial charge is 0.120 e. The van der Waals surface area contributed by atoms with Crippen LogP contribution in [-0.4, -0.2) is 0 Å². The second-order valence-electron chi connectivity index (χ2n) is 4.17. The minimum absolute atomic E-state index is 0.378. The molecule has 0 saturated carbocycles. The van der Waals surface area contributed by atoms with Crippen LogP contribution >= 0.6 is 0 Å². The van der Waals surface area contributed by atoms with Gasteiger partial charge in [0.15, 0.2) is 0 Å². The Morgan fingerprint density at radius 3 is 2.75 bits per heavy atom. The summed E-state index contributed by atoms with van der Waals surface area (Å²) in [5.74, 6) is 3.14. The maximum atomic E-state index is 5.42. The van der Waals surface area contributed by atoms with Gasteiger partial charge >= 0.3 is 0 Å². The number of rotatable bonds is 1. The van der Waals surface area contributed by atoms with Crippen LogP contribution in [0.15, 0.2) is 42.5 Å². The van der Waals surface area contributed by atoms with Gasteiger partial charge in [0.1, 0.15) is 0 Å². The van der Waals surface area contributed by atoms with E-state index in [4.69, 9.17) is 6.42 Å². The fraction of sp³-hybridized carbons (Fsp3) is 0.125. The fourth-order valence-electron chi connectivity index (χ4n) is 2.48. The highest BCUT2D eigenvalue weighted by Gasteiger charge is 2.15. The Bertz CT molecular complexity index is 606. The van der Waals surface area contributed by atoms with Gasteiger partial charge in [0.2, 0.25) is 0 Å². The third-order valence-corrected chi connectivity index (χ3v) is 3.21. The summed E-state index contributed by atoms with van der Waals surface area (Å²) in [6.07, 6.45) is 10.6. The zero-order valence-corrected chi connectivity index (χ0v) is 8.98. The molecule has 1 aliphatic carbocycles. The average Bonchev–Trinajstić information content (AvgIpc) is 2.33. The first-order chi connectivity index (χ1) is 7.90. The summed E-state index contributed by atoms with van der Waals surface area (Å²) in [5, 5.41) is 2.68. The fourth-order valence-corrected chi connectivity index (χ4v) is 2.48. The van der Waals surface area contributed by atoms with Crippen LogP contribution in [0, 0.1) is 12.3 Å². The van der Waals surface area contributed by atoms with Gasteiger partial charge in [-0.3, -0.25) is 0 Å². The van der Waals surface area contributed by atoms with E-state index in [1.165, 1.54) is 21.9 Å². The zero-order valence-electron chi connectivity index (χ0n) is 8.98. The summed E-state index contributed by atoms with van der Waals surface area (Å²) in [4.78, 5) is 0. The molecule has 16 heavy (non-hydrogen) atoms. The number of allylic oxidation sites excluding steroid dienone is 1. The van der Waals surface area contributed by atoms with Crippen molar-refractivity contribution in [2.45, 2.75) is 12.3 Å². The molecule has 0 heterocycles. The Kier molecular flexibility index (Phi) is 2.04. The molecule has 1 atom stereocenters. The highest BCUT2D eigenvalue weighted by molar-refractivity contribution is 5.95. The van der Waals surface area contributed by atoms with Crippen molar-refractivity contribution in [3.63, 3.8) is 0 Å². The van der Waals surface area contributed by atoms with Gasteiger partial charge in [-0.2, -0.15) is 0 Å².